The maximum atomic E-state index is 12.3. The number of methoxy groups -OCH3 is 1. The summed E-state index contributed by atoms with van der Waals surface area (Å²) in [7, 11) is 1.59. The Balaban J connectivity index is 1.66. The fourth-order valence-electron chi connectivity index (χ4n) is 2.33. The maximum Gasteiger partial charge on any atom is 0.277 e. The van der Waals surface area contributed by atoms with Crippen molar-refractivity contribution < 1.29 is 19.1 Å². The van der Waals surface area contributed by atoms with Gasteiger partial charge in [-0.25, -0.2) is 4.68 Å². The molecule has 0 bridgehead atoms. The van der Waals surface area contributed by atoms with E-state index in [-0.39, 0.29) is 18.1 Å². The molecule has 3 aromatic rings. The topological polar surface area (TPSA) is 102 Å². The second kappa shape index (κ2) is 7.18. The van der Waals surface area contributed by atoms with Gasteiger partial charge in [0.05, 0.1) is 26.1 Å². The molecule has 2 N–H and O–H groups in total. The average Bonchev–Trinajstić information content (AvgIpc) is 3.28. The molecule has 1 amide bonds. The van der Waals surface area contributed by atoms with Gasteiger partial charge in [0, 0.05) is 5.69 Å². The minimum Gasteiger partial charge on any atom is -0.497 e. The Morgan fingerprint density at radius 2 is 2.28 bits per heavy atom. The molecular formula is C17H18N4O4. The highest BCUT2D eigenvalue weighted by molar-refractivity contribution is 6.03. The first-order valence-electron chi connectivity index (χ1n) is 7.64. The average molecular weight is 342 g/mol. The lowest BCUT2D eigenvalue weighted by Gasteiger charge is -2.08. The maximum absolute atomic E-state index is 12.3. The normalized spacial score (nSPS) is 12.0. The van der Waals surface area contributed by atoms with Crippen molar-refractivity contribution in [3.63, 3.8) is 0 Å². The number of hydrogen-bond acceptors (Lipinski definition) is 6. The second-order valence-corrected chi connectivity index (χ2v) is 5.49. The van der Waals surface area contributed by atoms with Crippen LogP contribution in [0.15, 0.2) is 47.2 Å². The van der Waals surface area contributed by atoms with Crippen molar-refractivity contribution in [2.24, 2.45) is 0 Å². The van der Waals surface area contributed by atoms with E-state index in [9.17, 15) is 9.90 Å². The van der Waals surface area contributed by atoms with Crippen LogP contribution in [0.1, 0.15) is 27.9 Å². The Morgan fingerprint density at radius 1 is 1.44 bits per heavy atom. The molecular weight excluding hydrogens is 324 g/mol. The molecule has 2 aromatic heterocycles. The summed E-state index contributed by atoms with van der Waals surface area (Å²) in [5.41, 5.74) is 1.69. The fourth-order valence-corrected chi connectivity index (χ4v) is 2.33. The highest BCUT2D eigenvalue weighted by atomic mass is 16.5. The van der Waals surface area contributed by atoms with Crippen molar-refractivity contribution in [1.29, 1.82) is 0 Å². The quantitative estimate of drug-likeness (QED) is 0.712. The molecule has 0 saturated carbocycles. The van der Waals surface area contributed by atoms with Gasteiger partial charge < -0.3 is 19.6 Å². The number of ether oxygens (including phenoxy) is 1. The third kappa shape index (κ3) is 3.86. The van der Waals surface area contributed by atoms with Crippen LogP contribution in [0.5, 0.6) is 5.75 Å². The van der Waals surface area contributed by atoms with Crippen LogP contribution in [0.2, 0.25) is 0 Å². The molecule has 8 nitrogen and oxygen atoms in total. The Hall–Kier alpha value is -3.13. The van der Waals surface area contributed by atoms with Crippen LogP contribution < -0.4 is 10.1 Å². The van der Waals surface area contributed by atoms with Crippen molar-refractivity contribution in [2.45, 2.75) is 19.6 Å². The van der Waals surface area contributed by atoms with Crippen molar-refractivity contribution in [2.75, 3.05) is 12.4 Å². The molecule has 1 atom stereocenters. The number of carbonyl (C=O) groups excluding carboxylic acids is 1. The monoisotopic (exact) mass is 342 g/mol. The van der Waals surface area contributed by atoms with Gasteiger partial charge in [-0.05, 0) is 42.8 Å². The Kier molecular flexibility index (Phi) is 4.80. The van der Waals surface area contributed by atoms with Gasteiger partial charge in [0.25, 0.3) is 5.91 Å². The molecule has 1 aromatic carbocycles. The van der Waals surface area contributed by atoms with Gasteiger partial charge in [0.2, 0.25) is 0 Å². The SMILES string of the molecule is COc1ccc(NC(=O)c2cn(C[C@H](O)c3ccco3)nn2)c(C)c1. The summed E-state index contributed by atoms with van der Waals surface area (Å²) in [4.78, 5) is 12.3. The first-order chi connectivity index (χ1) is 12.1. The minimum atomic E-state index is -0.864. The number of aliphatic hydroxyl groups is 1. The minimum absolute atomic E-state index is 0.134. The van der Waals surface area contributed by atoms with E-state index in [1.54, 1.807) is 31.4 Å². The number of rotatable bonds is 6. The van der Waals surface area contributed by atoms with Gasteiger partial charge in [0.15, 0.2) is 5.69 Å². The van der Waals surface area contributed by atoms with Gasteiger partial charge in [-0.15, -0.1) is 5.10 Å². The lowest BCUT2D eigenvalue weighted by Crippen LogP contribution is -2.13. The van der Waals surface area contributed by atoms with Crippen LogP contribution in [-0.2, 0) is 6.54 Å². The number of aryl methyl sites for hydroxylation is 1. The molecule has 8 heteroatoms. The molecule has 0 aliphatic heterocycles. The number of hydrogen-bond donors (Lipinski definition) is 2. The van der Waals surface area contributed by atoms with E-state index < -0.39 is 6.10 Å². The molecule has 0 unspecified atom stereocenters. The summed E-state index contributed by atoms with van der Waals surface area (Å²) in [5.74, 6) is 0.760. The van der Waals surface area contributed by atoms with E-state index in [2.05, 4.69) is 15.6 Å². The molecule has 0 saturated heterocycles. The molecule has 0 aliphatic rings. The van der Waals surface area contributed by atoms with Crippen LogP contribution in [0.4, 0.5) is 5.69 Å². The van der Waals surface area contributed by atoms with Crippen molar-refractivity contribution >= 4 is 11.6 Å². The van der Waals surface area contributed by atoms with Crippen molar-refractivity contribution in [3.05, 3.63) is 59.8 Å². The Morgan fingerprint density at radius 3 is 2.96 bits per heavy atom. The molecule has 130 valence electrons. The predicted molar refractivity (Wildman–Crippen MR) is 89.4 cm³/mol. The van der Waals surface area contributed by atoms with Crippen LogP contribution in [0.25, 0.3) is 0 Å². The van der Waals surface area contributed by atoms with E-state index in [1.165, 1.54) is 17.1 Å². The van der Waals surface area contributed by atoms with Gasteiger partial charge in [-0.2, -0.15) is 0 Å². The standard InChI is InChI=1S/C17H18N4O4/c1-11-8-12(24-2)5-6-13(11)18-17(23)14-9-21(20-19-14)10-15(22)16-4-3-7-25-16/h3-9,15,22H,10H2,1-2H3,(H,18,23)/t15-/m0/s1. The number of furan rings is 1. The molecule has 3 rings (SSSR count). The number of nitrogens with one attached hydrogen (secondary N) is 1. The van der Waals surface area contributed by atoms with E-state index in [1.807, 2.05) is 13.0 Å². The number of amides is 1. The summed E-state index contributed by atoms with van der Waals surface area (Å²) in [6.07, 6.45) is 2.09. The summed E-state index contributed by atoms with van der Waals surface area (Å²) in [6.45, 7) is 2.00. The first-order valence-corrected chi connectivity index (χ1v) is 7.64. The number of nitrogens with zero attached hydrogens (tertiary/aromatic N) is 3. The summed E-state index contributed by atoms with van der Waals surface area (Å²) in [5, 5.41) is 20.5. The van der Waals surface area contributed by atoms with E-state index in [0.29, 0.717) is 17.2 Å². The zero-order valence-electron chi connectivity index (χ0n) is 13.8. The zero-order chi connectivity index (χ0) is 17.8. The highest BCUT2D eigenvalue weighted by Gasteiger charge is 2.16. The lowest BCUT2D eigenvalue weighted by atomic mass is 10.2. The summed E-state index contributed by atoms with van der Waals surface area (Å²) in [6, 6.07) is 8.71. The number of benzene rings is 1. The highest BCUT2D eigenvalue weighted by Crippen LogP contribution is 2.21. The predicted octanol–water partition coefficient (Wildman–Crippen LogP) is 2.17. The van der Waals surface area contributed by atoms with Gasteiger partial charge >= 0.3 is 0 Å². The molecule has 0 radical (unpaired) electrons. The molecule has 0 fully saturated rings. The smallest absolute Gasteiger partial charge is 0.277 e. The van der Waals surface area contributed by atoms with Crippen molar-refractivity contribution in [3.8, 4) is 5.75 Å². The van der Waals surface area contributed by atoms with Crippen LogP contribution in [0, 0.1) is 6.92 Å². The third-order valence-corrected chi connectivity index (χ3v) is 3.68. The zero-order valence-corrected chi connectivity index (χ0v) is 13.8. The van der Waals surface area contributed by atoms with Crippen LogP contribution >= 0.6 is 0 Å². The summed E-state index contributed by atoms with van der Waals surface area (Å²) < 4.78 is 11.7. The molecule has 2 heterocycles. The fraction of sp³-hybridized carbons (Fsp3) is 0.235. The number of carbonyl (C=O) groups is 1. The number of aliphatic hydroxyl groups excluding tert-OH is 1. The molecule has 0 spiro atoms. The number of anilines is 1. The van der Waals surface area contributed by atoms with Crippen molar-refractivity contribution in [1.82, 2.24) is 15.0 Å². The molecule has 0 aliphatic carbocycles. The van der Waals surface area contributed by atoms with Gasteiger partial charge in [-0.3, -0.25) is 4.79 Å². The second-order valence-electron chi connectivity index (χ2n) is 5.49. The van der Waals surface area contributed by atoms with E-state index in [4.69, 9.17) is 9.15 Å². The van der Waals surface area contributed by atoms with Crippen LogP contribution in [0.3, 0.4) is 0 Å². The third-order valence-electron chi connectivity index (χ3n) is 3.68. The van der Waals surface area contributed by atoms with E-state index in [0.717, 1.165) is 5.56 Å². The Bertz CT molecular complexity index is 857. The lowest BCUT2D eigenvalue weighted by molar-refractivity contribution is 0.102. The first kappa shape index (κ1) is 16.7. The molecule has 25 heavy (non-hydrogen) atoms. The van der Waals surface area contributed by atoms with E-state index >= 15 is 0 Å². The van der Waals surface area contributed by atoms with Gasteiger partial charge in [0.1, 0.15) is 17.6 Å². The largest absolute Gasteiger partial charge is 0.497 e. The van der Waals surface area contributed by atoms with Crippen LogP contribution in [-0.4, -0.2) is 33.1 Å². The number of aromatic nitrogens is 3. The Labute approximate surface area is 144 Å². The summed E-state index contributed by atoms with van der Waals surface area (Å²) >= 11 is 0. The van der Waals surface area contributed by atoms with Gasteiger partial charge in [-0.1, -0.05) is 5.21 Å².